The third-order valence-corrected chi connectivity index (χ3v) is 6.30. The van der Waals surface area contributed by atoms with Crippen LogP contribution in [0.4, 0.5) is 13.2 Å². The zero-order valence-corrected chi connectivity index (χ0v) is 18.8. The van der Waals surface area contributed by atoms with E-state index in [0.717, 1.165) is 23.9 Å². The van der Waals surface area contributed by atoms with E-state index in [0.29, 0.717) is 46.4 Å². The fraction of sp³-hybridized carbons (Fsp3) is 0.286. The van der Waals surface area contributed by atoms with Gasteiger partial charge in [-0.05, 0) is 43.2 Å². The number of carbonyl (C=O) groups excluding carboxylic acids is 1. The van der Waals surface area contributed by atoms with E-state index in [9.17, 15) is 22.8 Å². The third kappa shape index (κ3) is 5.93. The van der Waals surface area contributed by atoms with Crippen LogP contribution in [-0.4, -0.2) is 32.7 Å². The summed E-state index contributed by atoms with van der Waals surface area (Å²) >= 11 is 12.4. The van der Waals surface area contributed by atoms with Gasteiger partial charge in [0.25, 0.3) is 5.91 Å². The molecule has 2 heterocycles. The van der Waals surface area contributed by atoms with Gasteiger partial charge >= 0.3 is 12.1 Å². The number of amides is 1. The average molecular weight is 504 g/mol. The van der Waals surface area contributed by atoms with Gasteiger partial charge in [0, 0.05) is 24.6 Å². The van der Waals surface area contributed by atoms with Crippen molar-refractivity contribution >= 4 is 57.9 Å². The fourth-order valence-electron chi connectivity index (χ4n) is 3.01. The lowest BCUT2D eigenvalue weighted by molar-refractivity contribution is -0.138. The summed E-state index contributed by atoms with van der Waals surface area (Å²) in [6, 6.07) is 6.13. The molecule has 170 valence electrons. The molecular weight excluding hydrogens is 487 g/mol. The van der Waals surface area contributed by atoms with Crippen molar-refractivity contribution < 1.29 is 32.3 Å². The lowest BCUT2D eigenvalue weighted by atomic mass is 10.1. The second-order valence-electron chi connectivity index (χ2n) is 6.93. The van der Waals surface area contributed by atoms with E-state index in [2.05, 4.69) is 0 Å². The molecule has 1 N–H and O–H groups in total. The van der Waals surface area contributed by atoms with Crippen molar-refractivity contribution in [2.45, 2.75) is 31.9 Å². The first-order chi connectivity index (χ1) is 15.1. The van der Waals surface area contributed by atoms with Gasteiger partial charge in [0.2, 0.25) is 0 Å². The molecular formula is C21H17ClF3NO4S2. The zero-order chi connectivity index (χ0) is 23.5. The number of rotatable bonds is 8. The number of unbranched alkanes of at least 4 members (excludes halogenated alkanes) is 2. The van der Waals surface area contributed by atoms with Crippen molar-refractivity contribution in [2.24, 2.45) is 0 Å². The quantitative estimate of drug-likeness (QED) is 0.253. The topological polar surface area (TPSA) is 70.8 Å². The van der Waals surface area contributed by atoms with Crippen LogP contribution in [0, 0.1) is 0 Å². The summed E-state index contributed by atoms with van der Waals surface area (Å²) < 4.78 is 44.5. The summed E-state index contributed by atoms with van der Waals surface area (Å²) in [5.74, 6) is -0.528. The summed E-state index contributed by atoms with van der Waals surface area (Å²) in [5.41, 5.74) is -0.558. The minimum atomic E-state index is -4.50. The van der Waals surface area contributed by atoms with Crippen LogP contribution in [-0.2, 0) is 15.8 Å². The van der Waals surface area contributed by atoms with Crippen LogP contribution < -0.4 is 0 Å². The highest BCUT2D eigenvalue weighted by Gasteiger charge is 2.32. The number of carboxylic acid groups (broad SMARTS) is 1. The van der Waals surface area contributed by atoms with E-state index in [1.165, 1.54) is 17.0 Å². The lowest BCUT2D eigenvalue weighted by Crippen LogP contribution is -2.29. The van der Waals surface area contributed by atoms with Crippen molar-refractivity contribution in [2.75, 3.05) is 6.54 Å². The van der Waals surface area contributed by atoms with Crippen LogP contribution in [0.1, 0.15) is 37.0 Å². The number of benzene rings is 1. The number of nitrogens with zero attached hydrogens (tertiary/aromatic N) is 1. The Balaban J connectivity index is 1.68. The molecule has 1 fully saturated rings. The Hall–Kier alpha value is -2.30. The molecule has 0 saturated carbocycles. The van der Waals surface area contributed by atoms with Crippen LogP contribution in [0.5, 0.6) is 0 Å². The first-order valence-electron chi connectivity index (χ1n) is 9.50. The zero-order valence-electron chi connectivity index (χ0n) is 16.4. The van der Waals surface area contributed by atoms with Crippen molar-refractivity contribution in [1.82, 2.24) is 4.90 Å². The van der Waals surface area contributed by atoms with Gasteiger partial charge in [-0.1, -0.05) is 42.0 Å². The summed E-state index contributed by atoms with van der Waals surface area (Å²) in [6.07, 6.45) is -1.07. The maximum atomic E-state index is 12.8. The number of hydrogen-bond donors (Lipinski definition) is 1. The van der Waals surface area contributed by atoms with Gasteiger partial charge in [-0.2, -0.15) is 13.2 Å². The van der Waals surface area contributed by atoms with Gasteiger partial charge in [0.1, 0.15) is 15.8 Å². The number of carbonyl (C=O) groups is 2. The van der Waals surface area contributed by atoms with E-state index < -0.39 is 17.7 Å². The molecule has 1 aromatic carbocycles. The number of carboxylic acids is 1. The van der Waals surface area contributed by atoms with E-state index in [4.69, 9.17) is 33.3 Å². The SMILES string of the molecule is O=C(O)CCCCCN1C(=O)C(=Cc2ccc(-c3ccc(C(F)(F)F)cc3Cl)o2)SC1=S. The molecule has 1 aromatic heterocycles. The Morgan fingerprint density at radius 3 is 2.62 bits per heavy atom. The maximum absolute atomic E-state index is 12.8. The Morgan fingerprint density at radius 2 is 1.97 bits per heavy atom. The molecule has 1 saturated heterocycles. The predicted molar refractivity (Wildman–Crippen MR) is 120 cm³/mol. The molecule has 3 rings (SSSR count). The monoisotopic (exact) mass is 503 g/mol. The van der Waals surface area contributed by atoms with Crippen LogP contribution in [0.3, 0.4) is 0 Å². The highest BCUT2D eigenvalue weighted by atomic mass is 35.5. The third-order valence-electron chi connectivity index (χ3n) is 4.61. The minimum absolute atomic E-state index is 0.0854. The molecule has 5 nitrogen and oxygen atoms in total. The standard InChI is InChI=1S/C21H17ClF3NO4S2/c22-15-10-12(21(23,24)25)5-7-14(15)16-8-6-13(30-16)11-17-19(29)26(20(31)32-17)9-3-1-2-4-18(27)28/h5-8,10-11H,1-4,9H2,(H,27,28). The van der Waals surface area contributed by atoms with Gasteiger partial charge < -0.3 is 9.52 Å². The van der Waals surface area contributed by atoms with Crippen molar-refractivity contribution in [1.29, 1.82) is 0 Å². The Kier molecular flexibility index (Phi) is 7.68. The first-order valence-corrected chi connectivity index (χ1v) is 11.1. The number of thiocarbonyl (C=S) groups is 1. The summed E-state index contributed by atoms with van der Waals surface area (Å²) in [5, 5.41) is 8.56. The predicted octanol–water partition coefficient (Wildman–Crippen LogP) is 6.47. The molecule has 0 atom stereocenters. The molecule has 0 spiro atoms. The summed E-state index contributed by atoms with van der Waals surface area (Å²) in [4.78, 5) is 25.0. The van der Waals surface area contributed by atoms with Gasteiger partial charge in [-0.3, -0.25) is 14.5 Å². The molecule has 1 aliphatic rings. The van der Waals surface area contributed by atoms with E-state index in [-0.39, 0.29) is 23.1 Å². The maximum Gasteiger partial charge on any atom is 0.416 e. The Morgan fingerprint density at radius 1 is 1.22 bits per heavy atom. The highest BCUT2D eigenvalue weighted by Crippen LogP contribution is 2.37. The lowest BCUT2D eigenvalue weighted by Gasteiger charge is -2.13. The summed E-state index contributed by atoms with van der Waals surface area (Å²) in [6.45, 7) is 0.395. The molecule has 32 heavy (non-hydrogen) atoms. The van der Waals surface area contributed by atoms with Gasteiger partial charge in [0.05, 0.1) is 15.5 Å². The second kappa shape index (κ2) is 10.1. The number of aliphatic carboxylic acids is 1. The second-order valence-corrected chi connectivity index (χ2v) is 9.02. The van der Waals surface area contributed by atoms with Crippen LogP contribution >= 0.6 is 35.6 Å². The molecule has 0 radical (unpaired) electrons. The average Bonchev–Trinajstić information content (AvgIpc) is 3.26. The normalized spacial score (nSPS) is 15.8. The molecule has 0 aliphatic carbocycles. The van der Waals surface area contributed by atoms with Gasteiger partial charge in [-0.25, -0.2) is 0 Å². The number of halogens is 4. The van der Waals surface area contributed by atoms with E-state index in [1.807, 2.05) is 0 Å². The molecule has 0 bridgehead atoms. The number of thioether (sulfide) groups is 1. The van der Waals surface area contributed by atoms with E-state index >= 15 is 0 Å². The number of hydrogen-bond acceptors (Lipinski definition) is 5. The summed E-state index contributed by atoms with van der Waals surface area (Å²) in [7, 11) is 0. The van der Waals surface area contributed by atoms with E-state index in [1.54, 1.807) is 12.1 Å². The highest BCUT2D eigenvalue weighted by molar-refractivity contribution is 8.26. The van der Waals surface area contributed by atoms with Crippen molar-refractivity contribution in [3.8, 4) is 11.3 Å². The molecule has 0 unspecified atom stereocenters. The molecule has 2 aromatic rings. The molecule has 11 heteroatoms. The largest absolute Gasteiger partial charge is 0.481 e. The van der Waals surface area contributed by atoms with Gasteiger partial charge in [-0.15, -0.1) is 0 Å². The van der Waals surface area contributed by atoms with Crippen LogP contribution in [0.25, 0.3) is 17.4 Å². The van der Waals surface area contributed by atoms with Crippen LogP contribution in [0.15, 0.2) is 39.7 Å². The van der Waals surface area contributed by atoms with Crippen molar-refractivity contribution in [3.63, 3.8) is 0 Å². The molecule has 1 aliphatic heterocycles. The fourth-order valence-corrected chi connectivity index (χ4v) is 4.57. The molecule has 1 amide bonds. The first kappa shape index (κ1) is 24.3. The number of furan rings is 1. The number of alkyl halides is 3. The Bertz CT molecular complexity index is 1080. The van der Waals surface area contributed by atoms with Crippen LogP contribution in [0.2, 0.25) is 5.02 Å². The Labute approximate surface area is 196 Å². The smallest absolute Gasteiger partial charge is 0.416 e. The van der Waals surface area contributed by atoms with Gasteiger partial charge in [0.15, 0.2) is 0 Å². The van der Waals surface area contributed by atoms with Crippen molar-refractivity contribution in [3.05, 3.63) is 51.6 Å². The minimum Gasteiger partial charge on any atom is -0.481 e.